The number of hydrogen-bond donors (Lipinski definition) is 0. The zero-order valence-corrected chi connectivity index (χ0v) is 34.6. The number of benzene rings is 9. The number of pyridine rings is 1. The van der Waals surface area contributed by atoms with Crippen molar-refractivity contribution in [1.29, 1.82) is 0 Å². The van der Waals surface area contributed by atoms with Crippen molar-refractivity contribution in [2.75, 3.05) is 0 Å². The van der Waals surface area contributed by atoms with Gasteiger partial charge in [0.05, 0.1) is 28.0 Å². The molecule has 0 atom stereocenters. The number of hydrogen-bond acceptors (Lipinski definition) is 4. The van der Waals surface area contributed by atoms with Crippen LogP contribution in [0.2, 0.25) is 0 Å². The van der Waals surface area contributed by atoms with Gasteiger partial charge in [0.2, 0.25) is 0 Å². The Morgan fingerprint density at radius 3 is 1.59 bits per heavy atom. The number of nitrogens with zero attached hydrogens (tertiary/aromatic N) is 3. The molecule has 298 valence electrons. The summed E-state index contributed by atoms with van der Waals surface area (Å²) in [5.74, 6) is 2.41. The normalized spacial score (nSPS) is 12.9. The molecule has 2 aromatic heterocycles. The van der Waals surface area contributed by atoms with Crippen molar-refractivity contribution in [2.45, 2.75) is 5.41 Å². The lowest BCUT2D eigenvalue weighted by atomic mass is 9.65. The highest BCUT2D eigenvalue weighted by molar-refractivity contribution is 6.13. The summed E-state index contributed by atoms with van der Waals surface area (Å²) in [5.41, 5.74) is 16.6. The van der Waals surface area contributed by atoms with Gasteiger partial charge >= 0.3 is 0 Å². The quantitative estimate of drug-likeness (QED) is 0.162. The molecule has 2 aliphatic rings. The first-order valence-corrected chi connectivity index (χ1v) is 21.8. The van der Waals surface area contributed by atoms with Crippen molar-refractivity contribution < 1.29 is 4.74 Å². The Morgan fingerprint density at radius 1 is 0.312 bits per heavy atom. The molecule has 3 heterocycles. The van der Waals surface area contributed by atoms with Crippen LogP contribution in [0.3, 0.4) is 0 Å². The monoisotopic (exact) mass is 815 g/mol. The zero-order valence-electron chi connectivity index (χ0n) is 34.6. The van der Waals surface area contributed by atoms with Crippen molar-refractivity contribution in [3.8, 4) is 78.9 Å². The van der Waals surface area contributed by atoms with Crippen molar-refractivity contribution in [3.63, 3.8) is 0 Å². The predicted molar refractivity (Wildman–Crippen MR) is 259 cm³/mol. The van der Waals surface area contributed by atoms with E-state index in [4.69, 9.17) is 19.7 Å². The van der Waals surface area contributed by atoms with Crippen molar-refractivity contribution >= 4 is 21.7 Å². The fraction of sp³-hybridized carbons (Fsp3) is 0.0167. The molecule has 9 aromatic carbocycles. The lowest BCUT2D eigenvalue weighted by Crippen LogP contribution is -2.32. The van der Waals surface area contributed by atoms with Crippen LogP contribution in [-0.4, -0.2) is 15.0 Å². The van der Waals surface area contributed by atoms with Crippen LogP contribution in [0.15, 0.2) is 224 Å². The second-order valence-electron chi connectivity index (χ2n) is 16.7. The van der Waals surface area contributed by atoms with Gasteiger partial charge in [-0.2, -0.15) is 0 Å². The molecule has 0 N–H and O–H groups in total. The van der Waals surface area contributed by atoms with Gasteiger partial charge in [-0.05, 0) is 81.2 Å². The fourth-order valence-corrected chi connectivity index (χ4v) is 10.3. The highest BCUT2D eigenvalue weighted by atomic mass is 16.5. The maximum atomic E-state index is 6.99. The Hall–Kier alpha value is -8.47. The van der Waals surface area contributed by atoms with E-state index < -0.39 is 5.41 Å². The van der Waals surface area contributed by atoms with Gasteiger partial charge in [0.25, 0.3) is 0 Å². The van der Waals surface area contributed by atoms with E-state index in [0.717, 1.165) is 94.8 Å². The highest BCUT2D eigenvalue weighted by Gasteiger charge is 2.51. The van der Waals surface area contributed by atoms with Gasteiger partial charge in [0.1, 0.15) is 11.5 Å². The molecule has 64 heavy (non-hydrogen) atoms. The summed E-state index contributed by atoms with van der Waals surface area (Å²) in [6.45, 7) is 0. The summed E-state index contributed by atoms with van der Waals surface area (Å²) in [5, 5.41) is 3.25. The molecular formula is C60H37N3O. The molecule has 4 nitrogen and oxygen atoms in total. The molecule has 0 unspecified atom stereocenters. The number of ether oxygens (including phenoxy) is 1. The molecule has 0 bridgehead atoms. The van der Waals surface area contributed by atoms with Gasteiger partial charge < -0.3 is 4.74 Å². The van der Waals surface area contributed by atoms with Crippen LogP contribution in [0.4, 0.5) is 0 Å². The summed E-state index contributed by atoms with van der Waals surface area (Å²) in [4.78, 5) is 15.6. The number of rotatable bonds is 5. The van der Waals surface area contributed by atoms with Crippen molar-refractivity contribution in [2.24, 2.45) is 0 Å². The number of fused-ring (bicyclic) bond motifs is 12. The van der Waals surface area contributed by atoms with E-state index in [1.54, 1.807) is 0 Å². The number of aromatic nitrogens is 3. The minimum atomic E-state index is -0.589. The van der Waals surface area contributed by atoms with E-state index >= 15 is 0 Å². The largest absolute Gasteiger partial charge is 0.457 e. The Balaban J connectivity index is 1.04. The van der Waals surface area contributed by atoms with E-state index in [0.29, 0.717) is 5.82 Å². The molecule has 0 fully saturated rings. The average Bonchev–Trinajstić information content (AvgIpc) is 3.66. The molecule has 1 aliphatic heterocycles. The summed E-state index contributed by atoms with van der Waals surface area (Å²) in [7, 11) is 0. The first kappa shape index (κ1) is 36.2. The Morgan fingerprint density at radius 2 is 0.875 bits per heavy atom. The van der Waals surface area contributed by atoms with Gasteiger partial charge in [-0.1, -0.05) is 182 Å². The summed E-state index contributed by atoms with van der Waals surface area (Å²) in [6.07, 6.45) is 0. The summed E-state index contributed by atoms with van der Waals surface area (Å²) in [6, 6.07) is 79.5. The molecular weight excluding hydrogens is 779 g/mol. The standard InChI is InChI=1S/C60H37N3O/c1-4-17-38(18-5-1)54-37-55(63-59(62-54)40-21-8-3-9-22-40)43-24-16-23-41(33-43)42-31-32-53-47(34-42)46-35-52-57(36-48(46)58(61-53)39-19-6-2-7-20-39)64-56-30-15-14-29-51(56)60(52)49-27-12-10-25-44(49)45-26-11-13-28-50(45)60/h1-37H. The van der Waals surface area contributed by atoms with Gasteiger partial charge in [0, 0.05) is 44.2 Å². The summed E-state index contributed by atoms with van der Waals surface area (Å²) < 4.78 is 6.99. The third kappa shape index (κ3) is 5.52. The van der Waals surface area contributed by atoms with Crippen molar-refractivity contribution in [3.05, 3.63) is 247 Å². The van der Waals surface area contributed by atoms with Gasteiger partial charge in [-0.25, -0.2) is 15.0 Å². The topological polar surface area (TPSA) is 47.9 Å². The number of para-hydroxylation sites is 1. The maximum Gasteiger partial charge on any atom is 0.160 e. The van der Waals surface area contributed by atoms with Crippen LogP contribution in [0.25, 0.3) is 89.1 Å². The van der Waals surface area contributed by atoms with Crippen LogP contribution in [0.5, 0.6) is 11.5 Å². The minimum absolute atomic E-state index is 0.589. The average molecular weight is 816 g/mol. The van der Waals surface area contributed by atoms with Crippen LogP contribution in [0.1, 0.15) is 22.3 Å². The molecule has 0 amide bonds. The fourth-order valence-electron chi connectivity index (χ4n) is 10.3. The van der Waals surface area contributed by atoms with Gasteiger partial charge in [0.15, 0.2) is 5.82 Å². The van der Waals surface area contributed by atoms with Crippen molar-refractivity contribution in [1.82, 2.24) is 15.0 Å². The zero-order chi connectivity index (χ0) is 42.2. The van der Waals surface area contributed by atoms with E-state index in [1.807, 2.05) is 36.4 Å². The summed E-state index contributed by atoms with van der Waals surface area (Å²) >= 11 is 0. The maximum absolute atomic E-state index is 6.99. The van der Waals surface area contributed by atoms with E-state index in [1.165, 1.54) is 22.3 Å². The van der Waals surface area contributed by atoms with E-state index in [-0.39, 0.29) is 0 Å². The van der Waals surface area contributed by atoms with E-state index in [2.05, 4.69) is 188 Å². The smallest absolute Gasteiger partial charge is 0.160 e. The Bertz CT molecular complexity index is 3540. The van der Waals surface area contributed by atoms with Crippen LogP contribution in [0, 0.1) is 0 Å². The third-order valence-electron chi connectivity index (χ3n) is 13.1. The Kier molecular flexibility index (Phi) is 8.09. The van der Waals surface area contributed by atoms with Gasteiger partial charge in [-0.15, -0.1) is 0 Å². The van der Waals surface area contributed by atoms with Crippen LogP contribution >= 0.6 is 0 Å². The molecule has 1 spiro atoms. The lowest BCUT2D eigenvalue weighted by molar-refractivity contribution is 0.437. The van der Waals surface area contributed by atoms with E-state index in [9.17, 15) is 0 Å². The molecule has 0 saturated carbocycles. The molecule has 13 rings (SSSR count). The minimum Gasteiger partial charge on any atom is -0.457 e. The highest BCUT2D eigenvalue weighted by Crippen LogP contribution is 2.62. The first-order valence-electron chi connectivity index (χ1n) is 21.8. The molecule has 4 heteroatoms. The van der Waals surface area contributed by atoms with Crippen LogP contribution in [-0.2, 0) is 5.41 Å². The molecule has 0 radical (unpaired) electrons. The second-order valence-corrected chi connectivity index (χ2v) is 16.7. The molecule has 1 aliphatic carbocycles. The molecule has 11 aromatic rings. The lowest BCUT2D eigenvalue weighted by Gasteiger charge is -2.39. The second kappa shape index (κ2) is 14.3. The van der Waals surface area contributed by atoms with Gasteiger partial charge in [-0.3, -0.25) is 0 Å². The third-order valence-corrected chi connectivity index (χ3v) is 13.1. The first-order chi connectivity index (χ1) is 31.7. The predicted octanol–water partition coefficient (Wildman–Crippen LogP) is 15.0. The Labute approximate surface area is 370 Å². The molecule has 0 saturated heterocycles. The van der Waals surface area contributed by atoms with Crippen LogP contribution < -0.4 is 4.74 Å². The SMILES string of the molecule is c1ccc(-c2cc(-c3cccc(-c4ccc5nc(-c6ccccc6)c6cc7c(cc6c5c4)C4(c5ccccc5O7)c5ccccc5-c5ccccc54)c3)nc(-c3ccccc3)n2)cc1.